The first-order chi connectivity index (χ1) is 20.6. The van der Waals surface area contributed by atoms with E-state index in [-0.39, 0.29) is 23.3 Å². The van der Waals surface area contributed by atoms with E-state index in [1.54, 1.807) is 12.1 Å². The van der Waals surface area contributed by atoms with Gasteiger partial charge in [0.1, 0.15) is 18.0 Å². The van der Waals surface area contributed by atoms with Crippen LogP contribution < -0.4 is 0 Å². The quantitative estimate of drug-likeness (QED) is 0.225. The minimum atomic E-state index is -4.00. The first-order valence-corrected chi connectivity index (χ1v) is 16.9. The molecule has 6 rings (SSSR count). The van der Waals surface area contributed by atoms with Gasteiger partial charge in [0.15, 0.2) is 0 Å². The van der Waals surface area contributed by atoms with E-state index in [4.69, 9.17) is 4.18 Å². The van der Waals surface area contributed by atoms with Crippen molar-refractivity contribution in [3.8, 4) is 5.75 Å². The van der Waals surface area contributed by atoms with Crippen LogP contribution in [0.2, 0.25) is 0 Å². The molecule has 1 aliphatic heterocycles. The smallest absolute Gasteiger partial charge is 0.297 e. The number of alkyl halides is 1. The number of hydrogen-bond donors (Lipinski definition) is 1. The average molecular weight is 604 g/mol. The van der Waals surface area contributed by atoms with E-state index < -0.39 is 22.4 Å². The summed E-state index contributed by atoms with van der Waals surface area (Å²) in [5, 5.41) is 10.2. The highest BCUT2D eigenvalue weighted by atomic mass is 32.2. The predicted octanol–water partition coefficient (Wildman–Crippen LogP) is 7.45. The Bertz CT molecular complexity index is 1560. The van der Waals surface area contributed by atoms with Gasteiger partial charge in [-0.3, -0.25) is 9.08 Å². The largest absolute Gasteiger partial charge is 0.508 e. The standard InChI is InChI=1S/C36H42FNO4S/c1-26-8-12-31(13-9-26)43(40,41)42-25-36(37)20-22-38(23-21-36)35(2)18-16-28(17-19-35)34-32(27-6-4-3-5-7-27)14-10-29-24-30(39)11-15-33(29)34/h3-9,11-13,15-16,18,24,28,32,34,39H,10,14,17,19-23,25H2,1-2H3/t28-,32+,34-,35?/m0/s1. The molecule has 0 spiro atoms. The Hall–Kier alpha value is -3.00. The van der Waals surface area contributed by atoms with Crippen LogP contribution in [-0.2, 0) is 20.7 Å². The second-order valence-electron chi connectivity index (χ2n) is 13.1. The van der Waals surface area contributed by atoms with E-state index in [2.05, 4.69) is 60.4 Å². The molecule has 0 amide bonds. The zero-order chi connectivity index (χ0) is 30.2. The van der Waals surface area contributed by atoms with Crippen LogP contribution in [0.1, 0.15) is 73.1 Å². The summed E-state index contributed by atoms with van der Waals surface area (Å²) in [7, 11) is -4.00. The lowest BCUT2D eigenvalue weighted by Crippen LogP contribution is -2.54. The fourth-order valence-corrected chi connectivity index (χ4v) is 8.47. The molecule has 5 nitrogen and oxygen atoms in total. The Kier molecular flexibility index (Phi) is 8.26. The maximum atomic E-state index is 15.8. The third-order valence-electron chi connectivity index (χ3n) is 10.2. The Balaban J connectivity index is 1.13. The van der Waals surface area contributed by atoms with Gasteiger partial charge in [-0.15, -0.1) is 0 Å². The predicted molar refractivity (Wildman–Crippen MR) is 168 cm³/mol. The minimum absolute atomic E-state index is 0.0560. The normalized spacial score (nSPS) is 27.5. The Morgan fingerprint density at radius 3 is 2.37 bits per heavy atom. The first kappa shape index (κ1) is 30.0. The van der Waals surface area contributed by atoms with Crippen LogP contribution >= 0.6 is 0 Å². The first-order valence-electron chi connectivity index (χ1n) is 15.5. The molecule has 2 aliphatic carbocycles. The van der Waals surface area contributed by atoms with Crippen LogP contribution in [0.3, 0.4) is 0 Å². The number of piperidine rings is 1. The Morgan fingerprint density at radius 2 is 1.70 bits per heavy atom. The number of benzene rings is 3. The number of aromatic hydroxyl groups is 1. The van der Waals surface area contributed by atoms with Gasteiger partial charge >= 0.3 is 0 Å². The van der Waals surface area contributed by atoms with Gasteiger partial charge in [0, 0.05) is 18.6 Å². The molecule has 0 saturated carbocycles. The number of rotatable bonds is 7. The number of phenols is 1. The van der Waals surface area contributed by atoms with Crippen molar-refractivity contribution in [3.63, 3.8) is 0 Å². The van der Waals surface area contributed by atoms with Crippen molar-refractivity contribution in [2.45, 2.75) is 80.3 Å². The molecule has 0 aromatic heterocycles. The summed E-state index contributed by atoms with van der Waals surface area (Å²) < 4.78 is 46.3. The molecule has 3 aliphatic rings. The third kappa shape index (κ3) is 6.31. The molecule has 1 saturated heterocycles. The van der Waals surface area contributed by atoms with Crippen LogP contribution in [0.25, 0.3) is 0 Å². The zero-order valence-electron chi connectivity index (χ0n) is 25.1. The number of halogens is 1. The van der Waals surface area contributed by atoms with E-state index in [9.17, 15) is 13.5 Å². The van der Waals surface area contributed by atoms with Gasteiger partial charge < -0.3 is 5.11 Å². The second-order valence-corrected chi connectivity index (χ2v) is 14.7. The molecule has 3 aromatic carbocycles. The van der Waals surface area contributed by atoms with E-state index in [0.717, 1.165) is 31.2 Å². The molecule has 0 radical (unpaired) electrons. The number of allylic oxidation sites excluding steroid dienone is 1. The maximum Gasteiger partial charge on any atom is 0.297 e. The SMILES string of the molecule is Cc1ccc(S(=O)(=O)OCC2(F)CCN(C3(C)C=C[C@H]([C@@H]4c5ccc(O)cc5CC[C@@H]4c4ccccc4)CC3)CC2)cc1. The lowest BCUT2D eigenvalue weighted by molar-refractivity contribution is -0.0103. The van der Waals surface area contributed by atoms with Crippen LogP contribution in [0.4, 0.5) is 4.39 Å². The van der Waals surface area contributed by atoms with Crippen molar-refractivity contribution in [1.82, 2.24) is 4.90 Å². The van der Waals surface area contributed by atoms with Gasteiger partial charge in [0.2, 0.25) is 0 Å². The van der Waals surface area contributed by atoms with Crippen molar-refractivity contribution in [2.75, 3.05) is 19.7 Å². The second kappa shape index (κ2) is 11.8. The van der Waals surface area contributed by atoms with Gasteiger partial charge in [-0.25, -0.2) is 4.39 Å². The monoisotopic (exact) mass is 603 g/mol. The molecule has 228 valence electrons. The number of aryl methyl sites for hydroxylation is 2. The van der Waals surface area contributed by atoms with E-state index in [1.807, 2.05) is 19.1 Å². The summed E-state index contributed by atoms with van der Waals surface area (Å²) in [6, 6.07) is 23.1. The molecular formula is C36H42FNO4S. The molecule has 0 bridgehead atoms. The molecule has 3 aromatic rings. The van der Waals surface area contributed by atoms with E-state index in [0.29, 0.717) is 36.6 Å². The van der Waals surface area contributed by atoms with Crippen LogP contribution in [0.5, 0.6) is 5.75 Å². The summed E-state index contributed by atoms with van der Waals surface area (Å²) in [5.41, 5.74) is 3.06. The highest BCUT2D eigenvalue weighted by Crippen LogP contribution is 2.51. The Morgan fingerprint density at radius 1 is 0.977 bits per heavy atom. The minimum Gasteiger partial charge on any atom is -0.508 e. The van der Waals surface area contributed by atoms with Crippen molar-refractivity contribution in [1.29, 1.82) is 0 Å². The highest BCUT2D eigenvalue weighted by Gasteiger charge is 2.44. The van der Waals surface area contributed by atoms with Gasteiger partial charge in [-0.05, 0) is 111 Å². The third-order valence-corrected chi connectivity index (χ3v) is 11.5. The van der Waals surface area contributed by atoms with E-state index >= 15 is 4.39 Å². The van der Waals surface area contributed by atoms with Crippen molar-refractivity contribution in [2.24, 2.45) is 5.92 Å². The van der Waals surface area contributed by atoms with Crippen molar-refractivity contribution < 1.29 is 22.1 Å². The number of fused-ring (bicyclic) bond motifs is 1. The van der Waals surface area contributed by atoms with Gasteiger partial charge in [0.25, 0.3) is 10.1 Å². The van der Waals surface area contributed by atoms with Crippen molar-refractivity contribution >= 4 is 10.1 Å². The molecule has 7 heteroatoms. The number of hydrogen-bond acceptors (Lipinski definition) is 5. The van der Waals surface area contributed by atoms with Gasteiger partial charge in [-0.2, -0.15) is 8.42 Å². The lowest BCUT2D eigenvalue weighted by atomic mass is 9.64. The van der Waals surface area contributed by atoms with E-state index in [1.165, 1.54) is 28.8 Å². The number of phenolic OH excluding ortho intramolecular Hbond substituents is 1. The molecule has 1 unspecified atom stereocenters. The maximum absolute atomic E-state index is 15.8. The fourth-order valence-electron chi connectivity index (χ4n) is 7.50. The van der Waals surface area contributed by atoms with Crippen LogP contribution in [0, 0.1) is 12.8 Å². The van der Waals surface area contributed by atoms with Gasteiger partial charge in [0.05, 0.1) is 4.90 Å². The fraction of sp³-hybridized carbons (Fsp3) is 0.444. The van der Waals surface area contributed by atoms with Crippen LogP contribution in [-0.4, -0.2) is 49.3 Å². The molecule has 1 fully saturated rings. The zero-order valence-corrected chi connectivity index (χ0v) is 25.9. The highest BCUT2D eigenvalue weighted by molar-refractivity contribution is 7.86. The Labute approximate surface area is 255 Å². The van der Waals surface area contributed by atoms with Crippen molar-refractivity contribution in [3.05, 3.63) is 107 Å². The molecular weight excluding hydrogens is 561 g/mol. The lowest BCUT2D eigenvalue weighted by Gasteiger charge is -2.48. The molecule has 43 heavy (non-hydrogen) atoms. The number of nitrogens with zero attached hydrogens (tertiary/aromatic N) is 1. The summed E-state index contributed by atoms with van der Waals surface area (Å²) >= 11 is 0. The molecule has 1 N–H and O–H groups in total. The summed E-state index contributed by atoms with van der Waals surface area (Å²) in [6.45, 7) is 4.77. The summed E-state index contributed by atoms with van der Waals surface area (Å²) in [4.78, 5) is 2.41. The van der Waals surface area contributed by atoms with Gasteiger partial charge in [-0.1, -0.05) is 66.2 Å². The topological polar surface area (TPSA) is 66.8 Å². The number of likely N-dealkylation sites (tertiary alicyclic amines) is 1. The summed E-state index contributed by atoms with van der Waals surface area (Å²) in [6.07, 6.45) is 9.20. The summed E-state index contributed by atoms with van der Waals surface area (Å²) in [5.74, 6) is 1.44. The molecule has 1 heterocycles. The molecule has 4 atom stereocenters. The van der Waals surface area contributed by atoms with Crippen LogP contribution in [0.15, 0.2) is 89.8 Å². The average Bonchev–Trinajstić information content (AvgIpc) is 3.01.